The van der Waals surface area contributed by atoms with Gasteiger partial charge in [-0.1, -0.05) is 43.7 Å². The zero-order valence-corrected chi connectivity index (χ0v) is 17.2. The number of benzene rings is 2. The number of carbonyl (C=O) groups is 3. The highest BCUT2D eigenvalue weighted by atomic mass is 16.1. The van der Waals surface area contributed by atoms with Crippen molar-refractivity contribution in [3.8, 4) is 0 Å². The Bertz CT molecular complexity index is 982. The van der Waals surface area contributed by atoms with Gasteiger partial charge in [-0.3, -0.25) is 14.4 Å². The van der Waals surface area contributed by atoms with Crippen LogP contribution in [0, 0.1) is 0 Å². The van der Waals surface area contributed by atoms with Crippen molar-refractivity contribution in [2.75, 3.05) is 30.8 Å². The molecule has 2 aromatic rings. The number of amides is 1. The van der Waals surface area contributed by atoms with Crippen molar-refractivity contribution in [3.05, 3.63) is 71.3 Å². The second kappa shape index (κ2) is 9.87. The minimum atomic E-state index is -0.146. The molecule has 0 fully saturated rings. The predicted octanol–water partition coefficient (Wildman–Crippen LogP) is 3.78. The molecular weight excluding hydrogens is 378 g/mol. The Kier molecular flexibility index (Phi) is 7.01. The highest BCUT2D eigenvalue weighted by Gasteiger charge is 2.33. The zero-order valence-electron chi connectivity index (χ0n) is 17.2. The summed E-state index contributed by atoms with van der Waals surface area (Å²) in [5.41, 5.74) is 3.13. The van der Waals surface area contributed by atoms with Crippen LogP contribution in [-0.2, 0) is 4.79 Å². The van der Waals surface area contributed by atoms with E-state index in [0.29, 0.717) is 46.7 Å². The molecule has 3 rings (SSSR count). The third kappa shape index (κ3) is 4.43. The molecule has 1 aliphatic rings. The molecule has 0 radical (unpaired) electrons. The van der Waals surface area contributed by atoms with E-state index < -0.39 is 0 Å². The highest BCUT2D eigenvalue weighted by Crippen LogP contribution is 2.36. The molecule has 0 aromatic heterocycles. The van der Waals surface area contributed by atoms with E-state index in [4.69, 9.17) is 0 Å². The van der Waals surface area contributed by atoms with Crippen molar-refractivity contribution >= 4 is 28.8 Å². The molecule has 6 heteroatoms. The van der Waals surface area contributed by atoms with E-state index in [1.165, 1.54) is 6.08 Å². The zero-order chi connectivity index (χ0) is 21.5. The maximum absolute atomic E-state index is 13.2. The number of fused-ring (bicyclic) bond motifs is 2. The second-order valence-corrected chi connectivity index (χ2v) is 7.20. The van der Waals surface area contributed by atoms with Crippen LogP contribution in [0.25, 0.3) is 0 Å². The Hall–Kier alpha value is -3.41. The molecule has 0 bridgehead atoms. The van der Waals surface area contributed by atoms with Gasteiger partial charge >= 0.3 is 0 Å². The first-order valence-electron chi connectivity index (χ1n) is 10.3. The normalized spacial score (nSPS) is 12.0. The summed E-state index contributed by atoms with van der Waals surface area (Å²) in [6.45, 7) is 4.77. The summed E-state index contributed by atoms with van der Waals surface area (Å²) in [4.78, 5) is 37.3. The number of nitrogens with one attached hydrogen (secondary N) is 3. The molecule has 6 nitrogen and oxygen atoms in total. The lowest BCUT2D eigenvalue weighted by Gasteiger charge is -2.23. The maximum Gasteiger partial charge on any atom is 0.243 e. The smallest absolute Gasteiger partial charge is 0.243 e. The largest absolute Gasteiger partial charge is 0.388 e. The van der Waals surface area contributed by atoms with Crippen LogP contribution in [0.1, 0.15) is 57.5 Å². The Morgan fingerprint density at radius 2 is 1.43 bits per heavy atom. The first-order valence-corrected chi connectivity index (χ1v) is 10.3. The molecule has 0 unspecified atom stereocenters. The average Bonchev–Trinajstić information content (AvgIpc) is 2.78. The van der Waals surface area contributed by atoms with Gasteiger partial charge in [0.15, 0.2) is 11.6 Å². The Balaban J connectivity index is 1.65. The lowest BCUT2D eigenvalue weighted by molar-refractivity contribution is -0.116. The van der Waals surface area contributed by atoms with Crippen LogP contribution in [-0.4, -0.2) is 37.6 Å². The number of carbonyl (C=O) groups excluding carboxylic acids is 3. The summed E-state index contributed by atoms with van der Waals surface area (Å²) in [6.07, 6.45) is 5.12. The van der Waals surface area contributed by atoms with Crippen LogP contribution in [0.3, 0.4) is 0 Å². The molecule has 0 aliphatic heterocycles. The van der Waals surface area contributed by atoms with Crippen molar-refractivity contribution in [1.29, 1.82) is 0 Å². The number of hydrogen-bond donors (Lipinski definition) is 3. The molecule has 0 atom stereocenters. The molecule has 156 valence electrons. The molecular formula is C24H27N3O3. The highest BCUT2D eigenvalue weighted by molar-refractivity contribution is 6.31. The van der Waals surface area contributed by atoms with Crippen molar-refractivity contribution in [2.24, 2.45) is 0 Å². The average molecular weight is 405 g/mol. The number of hydrogen-bond acceptors (Lipinski definition) is 5. The van der Waals surface area contributed by atoms with Gasteiger partial charge < -0.3 is 16.0 Å². The molecule has 30 heavy (non-hydrogen) atoms. The molecule has 1 aliphatic carbocycles. The Morgan fingerprint density at radius 1 is 0.867 bits per heavy atom. The van der Waals surface area contributed by atoms with E-state index in [1.54, 1.807) is 31.3 Å². The van der Waals surface area contributed by atoms with Crippen LogP contribution in [0.5, 0.6) is 0 Å². The summed E-state index contributed by atoms with van der Waals surface area (Å²) in [7, 11) is 1.75. The Labute approximate surface area is 176 Å². The van der Waals surface area contributed by atoms with Crippen molar-refractivity contribution < 1.29 is 14.4 Å². The van der Waals surface area contributed by atoms with Crippen LogP contribution in [0.4, 0.5) is 11.4 Å². The molecule has 0 heterocycles. The topological polar surface area (TPSA) is 87.3 Å². The fraction of sp³-hybridized carbons (Fsp3) is 0.292. The van der Waals surface area contributed by atoms with Crippen LogP contribution in [0.15, 0.2) is 49.1 Å². The lowest BCUT2D eigenvalue weighted by Crippen LogP contribution is -2.24. The fourth-order valence-corrected chi connectivity index (χ4v) is 3.69. The Morgan fingerprint density at radius 3 is 2.03 bits per heavy atom. The van der Waals surface area contributed by atoms with Crippen LogP contribution >= 0.6 is 0 Å². The van der Waals surface area contributed by atoms with Gasteiger partial charge in [0.05, 0.1) is 11.1 Å². The van der Waals surface area contributed by atoms with Gasteiger partial charge in [-0.25, -0.2) is 0 Å². The first-order chi connectivity index (χ1) is 14.6. The molecule has 2 aromatic carbocycles. The summed E-state index contributed by atoms with van der Waals surface area (Å²) >= 11 is 0. The molecule has 1 amide bonds. The predicted molar refractivity (Wildman–Crippen MR) is 119 cm³/mol. The molecule has 0 saturated heterocycles. The minimum Gasteiger partial charge on any atom is -0.388 e. The third-order valence-corrected chi connectivity index (χ3v) is 5.25. The van der Waals surface area contributed by atoms with Crippen LogP contribution < -0.4 is 16.0 Å². The number of anilines is 2. The van der Waals surface area contributed by atoms with Gasteiger partial charge in [0.1, 0.15) is 0 Å². The quantitative estimate of drug-likeness (QED) is 0.353. The van der Waals surface area contributed by atoms with E-state index in [1.807, 2.05) is 12.1 Å². The van der Waals surface area contributed by atoms with Crippen molar-refractivity contribution in [2.45, 2.75) is 25.7 Å². The third-order valence-electron chi connectivity index (χ3n) is 5.25. The summed E-state index contributed by atoms with van der Waals surface area (Å²) in [5, 5.41) is 9.14. The van der Waals surface area contributed by atoms with E-state index in [9.17, 15) is 14.4 Å². The SMILES string of the molecule is C=CC(=O)NCCCCCCNc1ccc(NC)c2c1C(=O)c1ccccc1C2=O. The van der Waals surface area contributed by atoms with Gasteiger partial charge in [-0.2, -0.15) is 0 Å². The van der Waals surface area contributed by atoms with E-state index in [0.717, 1.165) is 25.7 Å². The monoisotopic (exact) mass is 405 g/mol. The minimum absolute atomic E-state index is 0.127. The van der Waals surface area contributed by atoms with Gasteiger partial charge in [0.2, 0.25) is 5.91 Å². The number of unbranched alkanes of at least 4 members (excludes halogenated alkanes) is 3. The second-order valence-electron chi connectivity index (χ2n) is 7.20. The van der Waals surface area contributed by atoms with Crippen LogP contribution in [0.2, 0.25) is 0 Å². The molecule has 3 N–H and O–H groups in total. The summed E-state index contributed by atoms with van der Waals surface area (Å²) in [5.74, 6) is -0.403. The maximum atomic E-state index is 13.2. The van der Waals surface area contributed by atoms with E-state index >= 15 is 0 Å². The van der Waals surface area contributed by atoms with Gasteiger partial charge in [-0.05, 0) is 31.1 Å². The first kappa shape index (κ1) is 21.3. The summed E-state index contributed by atoms with van der Waals surface area (Å²) < 4.78 is 0. The van der Waals surface area contributed by atoms with Crippen molar-refractivity contribution in [1.82, 2.24) is 5.32 Å². The lowest BCUT2D eigenvalue weighted by atomic mass is 9.82. The number of ketones is 2. The fourth-order valence-electron chi connectivity index (χ4n) is 3.69. The van der Waals surface area contributed by atoms with Gasteiger partial charge in [0.25, 0.3) is 0 Å². The van der Waals surface area contributed by atoms with E-state index in [2.05, 4.69) is 22.5 Å². The molecule has 0 spiro atoms. The van der Waals surface area contributed by atoms with E-state index in [-0.39, 0.29) is 17.5 Å². The van der Waals surface area contributed by atoms with Crippen molar-refractivity contribution in [3.63, 3.8) is 0 Å². The van der Waals surface area contributed by atoms with Gasteiger partial charge in [0, 0.05) is 42.6 Å². The standard InChI is InChI=1S/C24H27N3O3/c1-3-20(28)27-15-9-5-4-8-14-26-19-13-12-18(25-2)21-22(19)24(30)17-11-7-6-10-16(17)23(21)29/h3,6-7,10-13,25-26H,1,4-5,8-9,14-15H2,2H3,(H,27,28). The number of rotatable bonds is 10. The van der Waals surface area contributed by atoms with Gasteiger partial charge in [-0.15, -0.1) is 0 Å². The summed E-state index contributed by atoms with van der Waals surface area (Å²) in [6, 6.07) is 10.7. The molecule has 0 saturated carbocycles.